The standard InChI is InChI=1S/C13H18O2S.CH2N2O/c1-4-11(16)15-12(14)13(2,3)10-8-6-5-7-9-10;4-1-2-3-1/h5-9,11,16H,4H2,1-3H3;(H2,2,3,4). The number of urea groups is 1. The highest BCUT2D eigenvalue weighted by Gasteiger charge is 2.32. The molecule has 0 spiro atoms. The van der Waals surface area contributed by atoms with Crippen molar-refractivity contribution in [2.45, 2.75) is 38.0 Å². The van der Waals surface area contributed by atoms with Gasteiger partial charge in [-0.05, 0) is 25.8 Å². The molecule has 2 rings (SSSR count). The van der Waals surface area contributed by atoms with E-state index in [9.17, 15) is 9.59 Å². The van der Waals surface area contributed by atoms with Gasteiger partial charge in [0.1, 0.15) is 5.44 Å². The fourth-order valence-corrected chi connectivity index (χ4v) is 1.45. The Kier molecular flexibility index (Phi) is 5.88. The number of carbonyl (C=O) groups excluding carboxylic acids is 2. The van der Waals surface area contributed by atoms with Crippen molar-refractivity contribution in [3.05, 3.63) is 35.9 Å². The molecule has 1 atom stereocenters. The van der Waals surface area contributed by atoms with Crippen LogP contribution < -0.4 is 10.9 Å². The Labute approximate surface area is 124 Å². The number of esters is 1. The van der Waals surface area contributed by atoms with Crippen LogP contribution in [-0.4, -0.2) is 17.4 Å². The minimum Gasteiger partial charge on any atom is -0.451 e. The van der Waals surface area contributed by atoms with E-state index in [1.165, 1.54) is 0 Å². The summed E-state index contributed by atoms with van der Waals surface area (Å²) in [6.45, 7) is 5.65. The Morgan fingerprint density at radius 1 is 1.30 bits per heavy atom. The van der Waals surface area contributed by atoms with Crippen LogP contribution in [0.15, 0.2) is 30.3 Å². The number of benzene rings is 1. The molecule has 1 heterocycles. The molecular formula is C14H20N2O3S. The largest absolute Gasteiger partial charge is 0.451 e. The highest BCUT2D eigenvalue weighted by molar-refractivity contribution is 7.80. The topological polar surface area (TPSA) is 87.2 Å². The molecule has 1 fully saturated rings. The van der Waals surface area contributed by atoms with Crippen molar-refractivity contribution in [2.24, 2.45) is 0 Å². The predicted molar refractivity (Wildman–Crippen MR) is 80.3 cm³/mol. The second-order valence-corrected chi connectivity index (χ2v) is 5.41. The Hall–Kier alpha value is -1.69. The van der Waals surface area contributed by atoms with Crippen molar-refractivity contribution < 1.29 is 14.3 Å². The van der Waals surface area contributed by atoms with E-state index in [2.05, 4.69) is 23.5 Å². The fourth-order valence-electron chi connectivity index (χ4n) is 1.35. The summed E-state index contributed by atoms with van der Waals surface area (Å²) in [5.41, 5.74) is 4.42. The van der Waals surface area contributed by atoms with Crippen LogP contribution in [0.5, 0.6) is 0 Å². The molecule has 1 saturated heterocycles. The van der Waals surface area contributed by atoms with Gasteiger partial charge in [-0.25, -0.2) is 15.6 Å². The molecule has 5 nitrogen and oxygen atoms in total. The highest BCUT2D eigenvalue weighted by atomic mass is 32.1. The third kappa shape index (κ3) is 5.13. The molecule has 1 aliphatic heterocycles. The van der Waals surface area contributed by atoms with Gasteiger partial charge in [0, 0.05) is 0 Å². The molecule has 0 bridgehead atoms. The Morgan fingerprint density at radius 2 is 1.80 bits per heavy atom. The van der Waals surface area contributed by atoms with E-state index in [1.54, 1.807) is 0 Å². The van der Waals surface area contributed by atoms with Gasteiger partial charge in [0.05, 0.1) is 5.41 Å². The van der Waals surface area contributed by atoms with E-state index in [1.807, 2.05) is 51.1 Å². The molecule has 1 aliphatic rings. The van der Waals surface area contributed by atoms with Crippen LogP contribution in [0.3, 0.4) is 0 Å². The zero-order valence-electron chi connectivity index (χ0n) is 11.8. The van der Waals surface area contributed by atoms with E-state index in [0.29, 0.717) is 6.42 Å². The van der Waals surface area contributed by atoms with Crippen molar-refractivity contribution in [1.29, 1.82) is 0 Å². The minimum atomic E-state index is -0.628. The molecule has 110 valence electrons. The lowest BCUT2D eigenvalue weighted by Gasteiger charge is -2.24. The molecule has 1 aromatic rings. The quantitative estimate of drug-likeness (QED) is 0.345. The smallest absolute Gasteiger partial charge is 0.352 e. The van der Waals surface area contributed by atoms with Gasteiger partial charge in [-0.3, -0.25) is 4.79 Å². The van der Waals surface area contributed by atoms with E-state index < -0.39 is 5.41 Å². The van der Waals surface area contributed by atoms with E-state index in [4.69, 9.17) is 4.74 Å². The lowest BCUT2D eigenvalue weighted by Crippen LogP contribution is -2.32. The number of carbonyl (C=O) groups is 2. The number of hydrogen-bond acceptors (Lipinski definition) is 4. The van der Waals surface area contributed by atoms with E-state index in [0.717, 1.165) is 5.56 Å². The third-order valence-corrected chi connectivity index (χ3v) is 3.30. The zero-order chi connectivity index (χ0) is 15.2. The number of rotatable bonds is 4. The number of amides is 2. The van der Waals surface area contributed by atoms with Gasteiger partial charge in [-0.2, -0.15) is 0 Å². The van der Waals surface area contributed by atoms with Gasteiger partial charge in [0.15, 0.2) is 0 Å². The molecular weight excluding hydrogens is 276 g/mol. The summed E-state index contributed by atoms with van der Waals surface area (Å²) in [7, 11) is 0. The van der Waals surface area contributed by atoms with Crippen LogP contribution in [0.25, 0.3) is 0 Å². The van der Waals surface area contributed by atoms with Gasteiger partial charge in [0.2, 0.25) is 0 Å². The molecule has 1 unspecified atom stereocenters. The summed E-state index contributed by atoms with van der Waals surface area (Å²) in [6.07, 6.45) is 0.708. The van der Waals surface area contributed by atoms with Crippen molar-refractivity contribution >= 4 is 24.6 Å². The second kappa shape index (κ2) is 7.19. The summed E-state index contributed by atoms with van der Waals surface area (Å²) < 4.78 is 5.24. The molecule has 2 amide bonds. The lowest BCUT2D eigenvalue weighted by atomic mass is 9.85. The van der Waals surface area contributed by atoms with E-state index in [-0.39, 0.29) is 17.4 Å². The van der Waals surface area contributed by atoms with Crippen molar-refractivity contribution in [2.75, 3.05) is 0 Å². The molecule has 0 radical (unpaired) electrons. The normalized spacial score (nSPS) is 14.1. The predicted octanol–water partition coefficient (Wildman–Crippen LogP) is 2.39. The third-order valence-electron chi connectivity index (χ3n) is 2.83. The maximum absolute atomic E-state index is 12.0. The average molecular weight is 296 g/mol. The highest BCUT2D eigenvalue weighted by Crippen LogP contribution is 2.25. The van der Waals surface area contributed by atoms with Crippen molar-refractivity contribution in [3.8, 4) is 0 Å². The number of ether oxygens (including phenoxy) is 1. The molecule has 0 saturated carbocycles. The monoisotopic (exact) mass is 296 g/mol. The van der Waals surface area contributed by atoms with Crippen LogP contribution in [0.2, 0.25) is 0 Å². The van der Waals surface area contributed by atoms with Crippen molar-refractivity contribution in [3.63, 3.8) is 0 Å². The molecule has 1 aromatic carbocycles. The van der Waals surface area contributed by atoms with Gasteiger partial charge in [0.25, 0.3) is 0 Å². The Balaban J connectivity index is 0.000000425. The molecule has 2 N–H and O–H groups in total. The number of nitrogens with one attached hydrogen (secondary N) is 2. The summed E-state index contributed by atoms with van der Waals surface area (Å²) in [4.78, 5) is 21.3. The van der Waals surface area contributed by atoms with Crippen LogP contribution in [-0.2, 0) is 14.9 Å². The summed E-state index contributed by atoms with van der Waals surface area (Å²) in [5.74, 6) is -0.236. The van der Waals surface area contributed by atoms with Crippen LogP contribution in [0.1, 0.15) is 32.8 Å². The van der Waals surface area contributed by atoms with Crippen LogP contribution in [0.4, 0.5) is 4.79 Å². The van der Waals surface area contributed by atoms with Gasteiger partial charge >= 0.3 is 12.0 Å². The summed E-state index contributed by atoms with van der Waals surface area (Å²) >= 11 is 4.17. The first-order chi connectivity index (χ1) is 9.37. The molecule has 6 heteroatoms. The second-order valence-electron chi connectivity index (χ2n) is 4.84. The number of hydrazine groups is 1. The first-order valence-electron chi connectivity index (χ1n) is 6.38. The van der Waals surface area contributed by atoms with Gasteiger partial charge < -0.3 is 4.74 Å². The average Bonchev–Trinajstić information content (AvgIpc) is 3.22. The van der Waals surface area contributed by atoms with Crippen LogP contribution >= 0.6 is 12.6 Å². The maximum atomic E-state index is 12.0. The maximum Gasteiger partial charge on any atom is 0.352 e. The summed E-state index contributed by atoms with van der Waals surface area (Å²) in [5, 5.41) is 0. The fraction of sp³-hybridized carbons (Fsp3) is 0.429. The lowest BCUT2D eigenvalue weighted by molar-refractivity contribution is -0.150. The number of hydrogen-bond donors (Lipinski definition) is 3. The van der Waals surface area contributed by atoms with Gasteiger partial charge in [-0.15, -0.1) is 12.6 Å². The minimum absolute atomic E-state index is 0.0833. The summed E-state index contributed by atoms with van der Waals surface area (Å²) in [6, 6.07) is 9.55. The Morgan fingerprint density at radius 3 is 2.20 bits per heavy atom. The first kappa shape index (κ1) is 16.4. The SMILES string of the molecule is CCC(S)OC(=O)C(C)(C)c1ccccc1.O=C1NN1. The molecule has 0 aromatic heterocycles. The number of thiol groups is 1. The molecule has 0 aliphatic carbocycles. The van der Waals surface area contributed by atoms with Crippen LogP contribution in [0, 0.1) is 0 Å². The zero-order valence-corrected chi connectivity index (χ0v) is 12.7. The van der Waals surface area contributed by atoms with E-state index >= 15 is 0 Å². The first-order valence-corrected chi connectivity index (χ1v) is 6.90. The Bertz CT molecular complexity index is 457. The molecule has 20 heavy (non-hydrogen) atoms. The van der Waals surface area contributed by atoms with Crippen molar-refractivity contribution in [1.82, 2.24) is 10.9 Å². The van der Waals surface area contributed by atoms with Gasteiger partial charge in [-0.1, -0.05) is 37.3 Å².